The molecule has 2 aliphatic rings. The van der Waals surface area contributed by atoms with E-state index in [1.54, 1.807) is 0 Å². The maximum atomic E-state index is 2.52. The summed E-state index contributed by atoms with van der Waals surface area (Å²) < 4.78 is 0. The van der Waals surface area contributed by atoms with Crippen LogP contribution in [0.25, 0.3) is 55.6 Å². The van der Waals surface area contributed by atoms with E-state index in [0.29, 0.717) is 0 Å². The summed E-state index contributed by atoms with van der Waals surface area (Å²) in [7, 11) is 0. The van der Waals surface area contributed by atoms with Gasteiger partial charge in [0.15, 0.2) is 0 Å². The molecule has 0 spiro atoms. The molecule has 0 N–H and O–H groups in total. The molecule has 2 aliphatic carbocycles. The van der Waals surface area contributed by atoms with E-state index in [0.717, 1.165) is 0 Å². The molecule has 0 bridgehead atoms. The first-order valence-corrected chi connectivity index (χ1v) is 16.7. The largest absolute Gasteiger partial charge is 0.0622 e. The zero-order valence-electron chi connectivity index (χ0n) is 28.4. The molecule has 0 saturated heterocycles. The summed E-state index contributed by atoms with van der Waals surface area (Å²) in [6.45, 7) is 18.7. The summed E-state index contributed by atoms with van der Waals surface area (Å²) in [6, 6.07) is 41.4. The molecule has 0 aromatic heterocycles. The molecule has 0 heterocycles. The van der Waals surface area contributed by atoms with Gasteiger partial charge in [-0.15, -0.1) is 0 Å². The zero-order chi connectivity index (χ0) is 32.1. The van der Waals surface area contributed by atoms with E-state index >= 15 is 0 Å². The van der Waals surface area contributed by atoms with Crippen LogP contribution in [0.5, 0.6) is 0 Å². The molecule has 0 amide bonds. The Morgan fingerprint density at radius 3 is 0.870 bits per heavy atom. The first-order chi connectivity index (χ1) is 22.0. The quantitative estimate of drug-likeness (QED) is 0.191. The van der Waals surface area contributed by atoms with Crippen molar-refractivity contribution in [2.45, 2.75) is 66.2 Å². The van der Waals surface area contributed by atoms with E-state index in [1.165, 1.54) is 100 Å². The lowest BCUT2D eigenvalue weighted by Gasteiger charge is -2.25. The van der Waals surface area contributed by atoms with E-state index in [1.807, 2.05) is 0 Å². The van der Waals surface area contributed by atoms with Crippen LogP contribution in [0.3, 0.4) is 0 Å². The van der Waals surface area contributed by atoms with Crippen molar-refractivity contribution in [3.8, 4) is 55.6 Å². The molecule has 0 nitrogen and oxygen atoms in total. The first kappa shape index (κ1) is 28.8. The van der Waals surface area contributed by atoms with Gasteiger partial charge >= 0.3 is 0 Å². The van der Waals surface area contributed by atoms with E-state index < -0.39 is 0 Å². The molecule has 8 rings (SSSR count). The molecule has 0 unspecified atom stereocenters. The Kier molecular flexibility index (Phi) is 6.20. The molecule has 6 aromatic rings. The Morgan fingerprint density at radius 2 is 0.565 bits per heavy atom. The second-order valence-electron chi connectivity index (χ2n) is 14.8. The zero-order valence-corrected chi connectivity index (χ0v) is 28.4. The maximum absolute atomic E-state index is 2.52. The van der Waals surface area contributed by atoms with E-state index in [2.05, 4.69) is 165 Å². The van der Waals surface area contributed by atoms with Gasteiger partial charge in [0.05, 0.1) is 0 Å². The predicted octanol–water partition coefficient (Wildman–Crippen LogP) is 12.5. The molecular formula is C46H42. The highest BCUT2D eigenvalue weighted by molar-refractivity contribution is 5.91. The van der Waals surface area contributed by atoms with Gasteiger partial charge in [-0.3, -0.25) is 0 Å². The lowest BCUT2D eigenvalue weighted by atomic mass is 9.78. The van der Waals surface area contributed by atoms with Crippen molar-refractivity contribution in [2.75, 3.05) is 0 Å². The van der Waals surface area contributed by atoms with Gasteiger partial charge in [-0.05, 0) is 152 Å². The molecule has 0 saturated carbocycles. The summed E-state index contributed by atoms with van der Waals surface area (Å²) in [5.74, 6) is 0. The second-order valence-corrected chi connectivity index (χ2v) is 14.8. The summed E-state index contributed by atoms with van der Waals surface area (Å²) in [5, 5.41) is 0. The lowest BCUT2D eigenvalue weighted by Crippen LogP contribution is -2.16. The smallest absolute Gasteiger partial charge is 0.0159 e. The average molecular weight is 595 g/mol. The van der Waals surface area contributed by atoms with Crippen LogP contribution >= 0.6 is 0 Å². The number of benzene rings is 6. The van der Waals surface area contributed by atoms with Crippen LogP contribution in [0.1, 0.15) is 72.2 Å². The number of hydrogen-bond acceptors (Lipinski definition) is 0. The molecule has 0 aliphatic heterocycles. The van der Waals surface area contributed by atoms with Crippen LogP contribution in [0.4, 0.5) is 0 Å². The van der Waals surface area contributed by atoms with Crippen molar-refractivity contribution >= 4 is 0 Å². The topological polar surface area (TPSA) is 0 Å². The number of aryl methyl sites for hydroxylation is 4. The fourth-order valence-corrected chi connectivity index (χ4v) is 8.52. The molecular weight excluding hydrogens is 553 g/mol. The highest BCUT2D eigenvalue weighted by Gasteiger charge is 2.39. The Morgan fingerprint density at radius 1 is 0.304 bits per heavy atom. The van der Waals surface area contributed by atoms with Crippen molar-refractivity contribution in [1.29, 1.82) is 0 Å². The van der Waals surface area contributed by atoms with Gasteiger partial charge in [0.1, 0.15) is 0 Å². The minimum Gasteiger partial charge on any atom is -0.0622 e. The fraction of sp³-hybridized carbons (Fsp3) is 0.217. The van der Waals surface area contributed by atoms with Crippen molar-refractivity contribution in [3.63, 3.8) is 0 Å². The van der Waals surface area contributed by atoms with Crippen molar-refractivity contribution in [1.82, 2.24) is 0 Å². The minimum absolute atomic E-state index is 0.0874. The van der Waals surface area contributed by atoms with E-state index in [-0.39, 0.29) is 10.8 Å². The molecule has 0 fully saturated rings. The molecule has 226 valence electrons. The van der Waals surface area contributed by atoms with Gasteiger partial charge in [-0.1, -0.05) is 113 Å². The Hall–Kier alpha value is -4.68. The third kappa shape index (κ3) is 4.06. The highest BCUT2D eigenvalue weighted by Crippen LogP contribution is 2.55. The van der Waals surface area contributed by atoms with Gasteiger partial charge in [0, 0.05) is 10.8 Å². The Bertz CT molecular complexity index is 2050. The van der Waals surface area contributed by atoms with Gasteiger partial charge in [-0.25, -0.2) is 0 Å². The van der Waals surface area contributed by atoms with Crippen LogP contribution in [0, 0.1) is 27.7 Å². The molecule has 46 heavy (non-hydrogen) atoms. The SMILES string of the molecule is Cc1cc2c(cc1-c1ccccc1)C(C)(C)c1cc(-c3cc4c(cc3C)-c3cc(C)c(-c5ccccc5)cc3C4(C)C)c(C)cc1-2. The van der Waals surface area contributed by atoms with Crippen LogP contribution < -0.4 is 0 Å². The fourth-order valence-electron chi connectivity index (χ4n) is 8.52. The van der Waals surface area contributed by atoms with Gasteiger partial charge in [0.2, 0.25) is 0 Å². The number of fused-ring (bicyclic) bond motifs is 6. The average Bonchev–Trinajstić information content (AvgIpc) is 3.37. The normalized spacial score (nSPS) is 14.9. The predicted molar refractivity (Wildman–Crippen MR) is 197 cm³/mol. The van der Waals surface area contributed by atoms with Crippen LogP contribution in [-0.4, -0.2) is 0 Å². The number of hydrogen-bond donors (Lipinski definition) is 0. The van der Waals surface area contributed by atoms with Gasteiger partial charge < -0.3 is 0 Å². The summed E-state index contributed by atoms with van der Waals surface area (Å²) in [6.07, 6.45) is 0. The van der Waals surface area contributed by atoms with E-state index in [4.69, 9.17) is 0 Å². The molecule has 0 atom stereocenters. The van der Waals surface area contributed by atoms with Crippen molar-refractivity contribution in [2.24, 2.45) is 0 Å². The third-order valence-electron chi connectivity index (χ3n) is 11.2. The van der Waals surface area contributed by atoms with E-state index in [9.17, 15) is 0 Å². The Labute approximate surface area is 274 Å². The summed E-state index contributed by atoms with van der Waals surface area (Å²) >= 11 is 0. The van der Waals surface area contributed by atoms with Gasteiger partial charge in [0.25, 0.3) is 0 Å². The summed E-state index contributed by atoms with van der Waals surface area (Å²) in [5.41, 5.74) is 24.4. The third-order valence-corrected chi connectivity index (χ3v) is 11.2. The molecule has 0 radical (unpaired) electrons. The number of rotatable bonds is 3. The van der Waals surface area contributed by atoms with Crippen LogP contribution in [0.15, 0.2) is 109 Å². The van der Waals surface area contributed by atoms with Crippen LogP contribution in [0.2, 0.25) is 0 Å². The standard InChI is InChI=1S/C46H42/c1-27-19-37-39-21-29(3)35(25-43(39)45(5,6)41(37)23-33(27)31-15-11-9-12-16-31)36-26-44-40(22-30(36)4)38-20-28(2)34(24-42(38)46(44,7)8)32-17-13-10-14-18-32/h9-26H,1-8H3. The molecule has 0 heteroatoms. The first-order valence-electron chi connectivity index (χ1n) is 16.7. The molecule has 6 aromatic carbocycles. The monoisotopic (exact) mass is 594 g/mol. The summed E-state index contributed by atoms with van der Waals surface area (Å²) in [4.78, 5) is 0. The maximum Gasteiger partial charge on any atom is 0.0159 e. The van der Waals surface area contributed by atoms with Crippen LogP contribution in [-0.2, 0) is 10.8 Å². The lowest BCUT2D eigenvalue weighted by molar-refractivity contribution is 0.659. The van der Waals surface area contributed by atoms with Crippen molar-refractivity contribution < 1.29 is 0 Å². The second kappa shape index (κ2) is 9.91. The minimum atomic E-state index is -0.0874. The van der Waals surface area contributed by atoms with Crippen molar-refractivity contribution in [3.05, 3.63) is 154 Å². The Balaban J connectivity index is 1.25. The van der Waals surface area contributed by atoms with Gasteiger partial charge in [-0.2, -0.15) is 0 Å². The highest BCUT2D eigenvalue weighted by atomic mass is 14.4.